The molecule has 2 rings (SSSR count). The predicted molar refractivity (Wildman–Crippen MR) is 108 cm³/mol. The summed E-state index contributed by atoms with van der Waals surface area (Å²) in [5.74, 6) is -0.743. The van der Waals surface area contributed by atoms with Gasteiger partial charge in [0.15, 0.2) is 5.78 Å². The van der Waals surface area contributed by atoms with Crippen molar-refractivity contribution in [2.45, 2.75) is 32.5 Å². The molecule has 0 aliphatic carbocycles. The normalized spacial score (nSPS) is 12.2. The summed E-state index contributed by atoms with van der Waals surface area (Å²) in [6.07, 6.45) is 0.520. The molecule has 142 valence electrons. The molecule has 0 radical (unpaired) electrons. The van der Waals surface area contributed by atoms with Gasteiger partial charge in [-0.3, -0.25) is 9.56 Å². The first kappa shape index (κ1) is 21.1. The third-order valence-electron chi connectivity index (χ3n) is 3.87. The highest BCUT2D eigenvalue weighted by Crippen LogP contribution is 2.55. The molecule has 0 saturated heterocycles. The van der Waals surface area contributed by atoms with E-state index in [2.05, 4.69) is 6.07 Å². The summed E-state index contributed by atoms with van der Waals surface area (Å²) >= 11 is 0. The minimum absolute atomic E-state index is 0.217. The van der Waals surface area contributed by atoms with Gasteiger partial charge in [-0.05, 0) is 20.3 Å². The van der Waals surface area contributed by atoms with Gasteiger partial charge in [-0.1, -0.05) is 60.7 Å². The van der Waals surface area contributed by atoms with Crippen molar-refractivity contribution in [3.8, 4) is 6.07 Å². The standard InChI is InChI=1S/C21H25N2O3P/c1-3-25-27(24,26-4-2)20(16-11-17-22)23-21(18-12-7-5-8-13-18)19-14-9-6-10-15-19/h5-10,12-15,20H,3-4,11,16H2,1-2H3/t20-/m0/s1. The molecule has 0 N–H and O–H groups in total. The van der Waals surface area contributed by atoms with Crippen molar-refractivity contribution in [2.75, 3.05) is 13.2 Å². The zero-order valence-electron chi connectivity index (χ0n) is 15.7. The lowest BCUT2D eigenvalue weighted by Gasteiger charge is -2.24. The molecule has 5 nitrogen and oxygen atoms in total. The molecule has 0 bridgehead atoms. The highest BCUT2D eigenvalue weighted by atomic mass is 31.2. The second-order valence-electron chi connectivity index (χ2n) is 5.76. The molecule has 0 amide bonds. The Kier molecular flexibility index (Phi) is 8.42. The lowest BCUT2D eigenvalue weighted by Crippen LogP contribution is -2.15. The number of nitriles is 1. The fourth-order valence-corrected chi connectivity index (χ4v) is 4.55. The maximum atomic E-state index is 13.4. The highest BCUT2D eigenvalue weighted by molar-refractivity contribution is 7.54. The summed E-state index contributed by atoms with van der Waals surface area (Å²) in [5, 5.41) is 9.04. The van der Waals surface area contributed by atoms with E-state index in [4.69, 9.17) is 19.3 Å². The van der Waals surface area contributed by atoms with Crippen LogP contribution in [0.3, 0.4) is 0 Å². The van der Waals surface area contributed by atoms with E-state index >= 15 is 0 Å². The molecule has 0 aliphatic heterocycles. The molecule has 27 heavy (non-hydrogen) atoms. The topological polar surface area (TPSA) is 71.7 Å². The molecule has 0 spiro atoms. The van der Waals surface area contributed by atoms with Gasteiger partial charge in [0.2, 0.25) is 0 Å². The molecule has 0 aliphatic rings. The van der Waals surface area contributed by atoms with Gasteiger partial charge in [0.1, 0.15) is 0 Å². The summed E-state index contributed by atoms with van der Waals surface area (Å²) < 4.78 is 24.4. The first-order valence-corrected chi connectivity index (χ1v) is 10.7. The average Bonchev–Trinajstić information content (AvgIpc) is 2.70. The molecule has 0 unspecified atom stereocenters. The smallest absolute Gasteiger partial charge is 0.307 e. The Balaban J connectivity index is 2.57. The molecule has 2 aromatic carbocycles. The van der Waals surface area contributed by atoms with E-state index < -0.39 is 13.4 Å². The average molecular weight is 384 g/mol. The molecule has 0 aromatic heterocycles. The highest BCUT2D eigenvalue weighted by Gasteiger charge is 2.35. The SMILES string of the molecule is CCOP(=O)(OCC)[C@@H](CCC#N)N=C(c1ccccc1)c1ccccc1. The van der Waals surface area contributed by atoms with E-state index in [1.807, 2.05) is 60.7 Å². The zero-order chi connectivity index (χ0) is 19.5. The van der Waals surface area contributed by atoms with Crippen molar-refractivity contribution in [3.63, 3.8) is 0 Å². The van der Waals surface area contributed by atoms with Crippen LogP contribution in [0, 0.1) is 11.3 Å². The van der Waals surface area contributed by atoms with Gasteiger partial charge in [-0.25, -0.2) is 0 Å². The van der Waals surface area contributed by atoms with Gasteiger partial charge in [-0.2, -0.15) is 5.26 Å². The number of nitrogens with zero attached hydrogens (tertiary/aromatic N) is 2. The second kappa shape index (κ2) is 10.8. The first-order chi connectivity index (χ1) is 13.1. The van der Waals surface area contributed by atoms with Crippen LogP contribution in [0.15, 0.2) is 65.7 Å². The molecular formula is C21H25N2O3P. The molecule has 1 atom stereocenters. The van der Waals surface area contributed by atoms with Crippen LogP contribution >= 0.6 is 7.60 Å². The van der Waals surface area contributed by atoms with Crippen LogP contribution in [0.2, 0.25) is 0 Å². The van der Waals surface area contributed by atoms with Crippen molar-refractivity contribution >= 4 is 13.3 Å². The number of hydrogen-bond donors (Lipinski definition) is 0. The molecule has 0 heterocycles. The van der Waals surface area contributed by atoms with E-state index in [9.17, 15) is 4.57 Å². The van der Waals surface area contributed by atoms with Crippen LogP contribution in [-0.4, -0.2) is 24.7 Å². The van der Waals surface area contributed by atoms with Gasteiger partial charge < -0.3 is 9.05 Å². The number of hydrogen-bond acceptors (Lipinski definition) is 5. The summed E-state index contributed by atoms with van der Waals surface area (Å²) in [6.45, 7) is 4.04. The first-order valence-electron chi connectivity index (χ1n) is 9.09. The Hall–Kier alpha value is -2.25. The minimum atomic E-state index is -3.49. The zero-order valence-corrected chi connectivity index (χ0v) is 16.6. The Morgan fingerprint density at radius 1 is 1.00 bits per heavy atom. The molecular weight excluding hydrogens is 359 g/mol. The van der Waals surface area contributed by atoms with Crippen LogP contribution in [-0.2, 0) is 13.6 Å². The van der Waals surface area contributed by atoms with Crippen molar-refractivity contribution in [2.24, 2.45) is 4.99 Å². The third kappa shape index (κ3) is 5.87. The second-order valence-corrected chi connectivity index (χ2v) is 7.95. The fourth-order valence-electron chi connectivity index (χ4n) is 2.71. The minimum Gasteiger partial charge on any atom is -0.307 e. The molecule has 6 heteroatoms. The number of benzene rings is 2. The van der Waals surface area contributed by atoms with E-state index in [1.54, 1.807) is 13.8 Å². The van der Waals surface area contributed by atoms with Crippen LogP contribution in [0.1, 0.15) is 37.8 Å². The van der Waals surface area contributed by atoms with E-state index in [0.29, 0.717) is 12.1 Å². The van der Waals surface area contributed by atoms with Gasteiger partial charge in [-0.15, -0.1) is 0 Å². The molecule has 0 saturated carbocycles. The van der Waals surface area contributed by atoms with E-state index in [0.717, 1.165) is 11.1 Å². The van der Waals surface area contributed by atoms with Crippen molar-refractivity contribution in [1.82, 2.24) is 0 Å². The molecule has 2 aromatic rings. The van der Waals surface area contributed by atoms with Crippen LogP contribution in [0.5, 0.6) is 0 Å². The monoisotopic (exact) mass is 384 g/mol. The maximum Gasteiger partial charge on any atom is 0.354 e. The Morgan fingerprint density at radius 3 is 1.89 bits per heavy atom. The quantitative estimate of drug-likeness (QED) is 0.405. The van der Waals surface area contributed by atoms with Gasteiger partial charge >= 0.3 is 7.60 Å². The largest absolute Gasteiger partial charge is 0.354 e. The molecule has 0 fully saturated rings. The van der Waals surface area contributed by atoms with Crippen LogP contribution in [0.4, 0.5) is 0 Å². The van der Waals surface area contributed by atoms with Crippen molar-refractivity contribution in [3.05, 3.63) is 71.8 Å². The lowest BCUT2D eigenvalue weighted by molar-refractivity contribution is 0.211. The Labute approximate surface area is 161 Å². The van der Waals surface area contributed by atoms with E-state index in [1.165, 1.54) is 0 Å². The Morgan fingerprint density at radius 2 is 1.48 bits per heavy atom. The fraction of sp³-hybridized carbons (Fsp3) is 0.333. The predicted octanol–water partition coefficient (Wildman–Crippen LogP) is 5.42. The third-order valence-corrected chi connectivity index (χ3v) is 6.21. The van der Waals surface area contributed by atoms with Crippen LogP contribution < -0.4 is 0 Å². The summed E-state index contributed by atoms with van der Waals surface area (Å²) in [7, 11) is -3.49. The van der Waals surface area contributed by atoms with Crippen molar-refractivity contribution < 1.29 is 13.6 Å². The Bertz CT molecular complexity index is 765. The summed E-state index contributed by atoms with van der Waals surface area (Å²) in [5.41, 5.74) is 2.52. The van der Waals surface area contributed by atoms with E-state index in [-0.39, 0.29) is 19.6 Å². The summed E-state index contributed by atoms with van der Waals surface area (Å²) in [6, 6.07) is 21.5. The summed E-state index contributed by atoms with van der Waals surface area (Å²) in [4.78, 5) is 4.82. The van der Waals surface area contributed by atoms with Crippen molar-refractivity contribution in [1.29, 1.82) is 5.26 Å². The lowest BCUT2D eigenvalue weighted by atomic mass is 10.0. The van der Waals surface area contributed by atoms with Gasteiger partial charge in [0.05, 0.1) is 25.0 Å². The van der Waals surface area contributed by atoms with Gasteiger partial charge in [0.25, 0.3) is 0 Å². The van der Waals surface area contributed by atoms with Gasteiger partial charge in [0, 0.05) is 17.5 Å². The maximum absolute atomic E-state index is 13.4. The number of aliphatic imine (C=N–C) groups is 1. The van der Waals surface area contributed by atoms with Crippen LogP contribution in [0.25, 0.3) is 0 Å². The number of rotatable bonds is 10.